The van der Waals surface area contributed by atoms with E-state index < -0.39 is 0 Å². The fraction of sp³-hybridized carbons (Fsp3) is 0.231. The largest absolute Gasteiger partial charge is 0.293 e. The number of ketones is 1. The topological polar surface area (TPSA) is 45.8 Å². The van der Waals surface area contributed by atoms with Crippen LogP contribution in [0.5, 0.6) is 0 Å². The van der Waals surface area contributed by atoms with Crippen molar-refractivity contribution in [2.75, 3.05) is 0 Å². The van der Waals surface area contributed by atoms with Gasteiger partial charge in [0.2, 0.25) is 0 Å². The van der Waals surface area contributed by atoms with Gasteiger partial charge >= 0.3 is 0 Å². The Morgan fingerprint density at radius 3 is 2.59 bits per heavy atom. The Kier molecular flexibility index (Phi) is 3.04. The van der Waals surface area contributed by atoms with Gasteiger partial charge in [0.05, 0.1) is 0 Å². The minimum absolute atomic E-state index is 0.0635. The van der Waals surface area contributed by atoms with Crippen LogP contribution in [0.15, 0.2) is 24.3 Å². The zero-order valence-corrected chi connectivity index (χ0v) is 9.75. The highest BCUT2D eigenvalue weighted by Gasteiger charge is 2.14. The molecule has 2 rings (SSSR count). The van der Waals surface area contributed by atoms with Crippen LogP contribution >= 0.6 is 0 Å². The average molecular weight is 232 g/mol. The van der Waals surface area contributed by atoms with Crippen LogP contribution in [0.2, 0.25) is 0 Å². The normalized spacial score (nSPS) is 10.5. The molecule has 0 amide bonds. The summed E-state index contributed by atoms with van der Waals surface area (Å²) in [6.07, 6.45) is 0.581. The van der Waals surface area contributed by atoms with E-state index in [1.807, 2.05) is 6.92 Å². The average Bonchev–Trinajstić information content (AvgIpc) is 2.64. The summed E-state index contributed by atoms with van der Waals surface area (Å²) < 4.78 is 12.8. The lowest BCUT2D eigenvalue weighted by molar-refractivity contribution is 0.101. The van der Waals surface area contributed by atoms with Gasteiger partial charge in [-0.15, -0.1) is 0 Å². The lowest BCUT2D eigenvalue weighted by Gasteiger charge is -2.02. The van der Waals surface area contributed by atoms with E-state index in [2.05, 4.69) is 10.2 Å². The van der Waals surface area contributed by atoms with E-state index in [4.69, 9.17) is 0 Å². The molecule has 17 heavy (non-hydrogen) atoms. The number of halogens is 1. The van der Waals surface area contributed by atoms with E-state index in [0.29, 0.717) is 12.1 Å². The lowest BCUT2D eigenvalue weighted by atomic mass is 10.0. The molecule has 0 atom stereocenters. The summed E-state index contributed by atoms with van der Waals surface area (Å²) in [7, 11) is 0. The number of hydrogen-bond donors (Lipinski definition) is 1. The van der Waals surface area contributed by atoms with Crippen LogP contribution in [0.1, 0.15) is 34.2 Å². The number of benzene rings is 1. The van der Waals surface area contributed by atoms with Crippen molar-refractivity contribution < 1.29 is 9.18 Å². The summed E-state index contributed by atoms with van der Waals surface area (Å²) >= 11 is 0. The molecule has 0 radical (unpaired) electrons. The van der Waals surface area contributed by atoms with E-state index in [0.717, 1.165) is 16.8 Å². The number of nitrogens with one attached hydrogen (secondary N) is 1. The van der Waals surface area contributed by atoms with E-state index >= 15 is 0 Å². The predicted octanol–water partition coefficient (Wildman–Crippen LogP) is 2.65. The van der Waals surface area contributed by atoms with E-state index in [-0.39, 0.29) is 11.6 Å². The van der Waals surface area contributed by atoms with Crippen molar-refractivity contribution in [2.45, 2.75) is 20.3 Å². The molecule has 0 aliphatic heterocycles. The molecule has 1 aromatic heterocycles. The first-order valence-corrected chi connectivity index (χ1v) is 5.37. The molecule has 0 spiro atoms. The number of rotatable bonds is 3. The van der Waals surface area contributed by atoms with Crippen LogP contribution in [0.3, 0.4) is 0 Å². The number of H-pyrrole nitrogens is 1. The molecular weight excluding hydrogens is 219 g/mol. The molecule has 0 unspecified atom stereocenters. The summed E-state index contributed by atoms with van der Waals surface area (Å²) in [4.78, 5) is 11.4. The Hall–Kier alpha value is -1.97. The second-order valence-corrected chi connectivity index (χ2v) is 4.04. The molecular formula is C13H13FN2O. The minimum atomic E-state index is -0.260. The number of carbonyl (C=O) groups excluding carboxylic acids is 1. The fourth-order valence-electron chi connectivity index (χ4n) is 1.77. The number of nitrogens with zero attached hydrogens (tertiary/aromatic N) is 1. The van der Waals surface area contributed by atoms with Crippen molar-refractivity contribution in [3.63, 3.8) is 0 Å². The molecule has 88 valence electrons. The number of aryl methyl sites for hydroxylation is 1. The van der Waals surface area contributed by atoms with Gasteiger partial charge in [0.15, 0.2) is 5.78 Å². The van der Waals surface area contributed by atoms with Crippen molar-refractivity contribution in [3.05, 3.63) is 52.6 Å². The third kappa shape index (κ3) is 2.41. The van der Waals surface area contributed by atoms with Gasteiger partial charge < -0.3 is 0 Å². The zero-order chi connectivity index (χ0) is 12.4. The molecule has 3 nitrogen and oxygen atoms in total. The first-order chi connectivity index (χ1) is 8.08. The third-order valence-electron chi connectivity index (χ3n) is 2.70. The van der Waals surface area contributed by atoms with E-state index in [1.54, 1.807) is 12.1 Å². The van der Waals surface area contributed by atoms with Crippen molar-refractivity contribution >= 4 is 5.78 Å². The second kappa shape index (κ2) is 4.49. The standard InChI is InChI=1S/C13H13FN2O/c1-8-12(13(9(2)17)16-15-8)7-10-3-5-11(14)6-4-10/h3-6H,7H2,1-2H3,(H,15,16). The Bertz CT molecular complexity index is 543. The molecule has 1 aromatic carbocycles. The van der Waals surface area contributed by atoms with Gasteiger partial charge in [-0.05, 0) is 24.6 Å². The fourth-order valence-corrected chi connectivity index (χ4v) is 1.77. The minimum Gasteiger partial charge on any atom is -0.293 e. The highest BCUT2D eigenvalue weighted by Crippen LogP contribution is 2.16. The zero-order valence-electron chi connectivity index (χ0n) is 9.75. The highest BCUT2D eigenvalue weighted by atomic mass is 19.1. The molecule has 0 bridgehead atoms. The van der Waals surface area contributed by atoms with Crippen LogP contribution in [0, 0.1) is 12.7 Å². The summed E-state index contributed by atoms with van der Waals surface area (Å²) in [6, 6.07) is 6.26. The molecule has 2 aromatic rings. The summed E-state index contributed by atoms with van der Waals surface area (Å²) in [5.41, 5.74) is 3.17. The van der Waals surface area contributed by atoms with Crippen molar-refractivity contribution in [2.24, 2.45) is 0 Å². The highest BCUT2D eigenvalue weighted by molar-refractivity contribution is 5.93. The molecule has 0 aliphatic rings. The van der Waals surface area contributed by atoms with Gasteiger partial charge in [-0.2, -0.15) is 5.10 Å². The van der Waals surface area contributed by atoms with Crippen LogP contribution in [-0.2, 0) is 6.42 Å². The van der Waals surface area contributed by atoms with Crippen LogP contribution in [0.25, 0.3) is 0 Å². The smallest absolute Gasteiger partial charge is 0.180 e. The van der Waals surface area contributed by atoms with Crippen LogP contribution in [0.4, 0.5) is 4.39 Å². The lowest BCUT2D eigenvalue weighted by Crippen LogP contribution is -2.00. The number of Topliss-reactive ketones (excluding diaryl/α,β-unsaturated/α-hetero) is 1. The second-order valence-electron chi connectivity index (χ2n) is 4.04. The van der Waals surface area contributed by atoms with Gasteiger partial charge in [-0.1, -0.05) is 12.1 Å². The van der Waals surface area contributed by atoms with E-state index in [9.17, 15) is 9.18 Å². The Morgan fingerprint density at radius 2 is 2.00 bits per heavy atom. The van der Waals surface area contributed by atoms with Crippen molar-refractivity contribution in [3.8, 4) is 0 Å². The van der Waals surface area contributed by atoms with E-state index in [1.165, 1.54) is 19.1 Å². The number of carbonyl (C=O) groups is 1. The summed E-state index contributed by atoms with van der Waals surface area (Å²) in [6.45, 7) is 3.36. The molecule has 0 saturated carbocycles. The molecule has 1 heterocycles. The summed E-state index contributed by atoms with van der Waals surface area (Å²) in [5, 5.41) is 6.79. The van der Waals surface area contributed by atoms with Crippen molar-refractivity contribution in [1.29, 1.82) is 0 Å². The Morgan fingerprint density at radius 1 is 1.35 bits per heavy atom. The maximum absolute atomic E-state index is 12.8. The van der Waals surface area contributed by atoms with Crippen LogP contribution < -0.4 is 0 Å². The van der Waals surface area contributed by atoms with Crippen molar-refractivity contribution in [1.82, 2.24) is 10.2 Å². The maximum Gasteiger partial charge on any atom is 0.180 e. The monoisotopic (exact) mass is 232 g/mol. The molecule has 4 heteroatoms. The Balaban J connectivity index is 2.32. The maximum atomic E-state index is 12.8. The van der Waals surface area contributed by atoms with Gasteiger partial charge in [0, 0.05) is 24.6 Å². The Labute approximate surface area is 98.7 Å². The number of aromatic amines is 1. The molecule has 0 saturated heterocycles. The summed E-state index contributed by atoms with van der Waals surface area (Å²) in [5.74, 6) is -0.323. The van der Waals surface area contributed by atoms with Gasteiger partial charge in [0.25, 0.3) is 0 Å². The SMILES string of the molecule is CC(=O)c1n[nH]c(C)c1Cc1ccc(F)cc1. The van der Waals surface area contributed by atoms with Gasteiger partial charge in [0.1, 0.15) is 11.5 Å². The number of hydrogen-bond acceptors (Lipinski definition) is 2. The first kappa shape index (κ1) is 11.5. The molecule has 0 fully saturated rings. The quantitative estimate of drug-likeness (QED) is 0.827. The molecule has 1 N–H and O–H groups in total. The predicted molar refractivity (Wildman–Crippen MR) is 62.5 cm³/mol. The van der Waals surface area contributed by atoms with Gasteiger partial charge in [-0.3, -0.25) is 9.89 Å². The first-order valence-electron chi connectivity index (χ1n) is 5.37. The van der Waals surface area contributed by atoms with Crippen LogP contribution in [-0.4, -0.2) is 16.0 Å². The number of aromatic nitrogens is 2. The third-order valence-corrected chi connectivity index (χ3v) is 2.70. The van der Waals surface area contributed by atoms with Gasteiger partial charge in [-0.25, -0.2) is 4.39 Å². The molecule has 0 aliphatic carbocycles.